The second kappa shape index (κ2) is 10.7. The Labute approximate surface area is 212 Å². The Morgan fingerprint density at radius 3 is 2.68 bits per heavy atom. The molecule has 5 rings (SSSR count). The van der Waals surface area contributed by atoms with Gasteiger partial charge in [0.2, 0.25) is 5.91 Å². The van der Waals surface area contributed by atoms with Crippen molar-refractivity contribution >= 4 is 11.8 Å². The van der Waals surface area contributed by atoms with Crippen molar-refractivity contribution < 1.29 is 22.9 Å². The van der Waals surface area contributed by atoms with Crippen LogP contribution in [0.2, 0.25) is 0 Å². The molecule has 2 N–H and O–H groups in total. The van der Waals surface area contributed by atoms with Gasteiger partial charge in [-0.15, -0.1) is 0 Å². The lowest BCUT2D eigenvalue weighted by molar-refractivity contribution is -0.128. The molecule has 3 atom stereocenters. The fourth-order valence-electron chi connectivity index (χ4n) is 4.65. The van der Waals surface area contributed by atoms with Crippen LogP contribution in [0.1, 0.15) is 48.5 Å². The Morgan fingerprint density at radius 2 is 1.95 bits per heavy atom. The summed E-state index contributed by atoms with van der Waals surface area (Å²) in [6.07, 6.45) is 6.24. The Morgan fingerprint density at radius 1 is 1.16 bits per heavy atom. The number of carbonyl (C=O) groups excluding carboxylic acids is 2. The molecule has 1 aromatic carbocycles. The van der Waals surface area contributed by atoms with Gasteiger partial charge in [-0.25, -0.2) is 18.7 Å². The first-order valence-corrected chi connectivity index (χ1v) is 12.4. The number of carbonyl (C=O) groups is 2. The lowest BCUT2D eigenvalue weighted by Crippen LogP contribution is -2.56. The highest BCUT2D eigenvalue weighted by Gasteiger charge is 2.38. The van der Waals surface area contributed by atoms with E-state index < -0.39 is 35.5 Å². The summed E-state index contributed by atoms with van der Waals surface area (Å²) >= 11 is 0. The number of benzene rings is 1. The number of piperidine rings is 1. The van der Waals surface area contributed by atoms with Crippen LogP contribution in [0.15, 0.2) is 47.2 Å². The summed E-state index contributed by atoms with van der Waals surface area (Å²) in [5.74, 6) is -1.58. The predicted octanol–water partition coefficient (Wildman–Crippen LogP) is 3.12. The number of hydrogen-bond acceptors (Lipinski definition) is 7. The number of halogens is 2. The zero-order valence-electron chi connectivity index (χ0n) is 20.4. The van der Waals surface area contributed by atoms with Crippen LogP contribution >= 0.6 is 0 Å². The van der Waals surface area contributed by atoms with Crippen molar-refractivity contribution in [3.63, 3.8) is 0 Å². The molecule has 2 amide bonds. The molecule has 1 aliphatic carbocycles. The molecule has 1 aliphatic heterocycles. The van der Waals surface area contributed by atoms with Crippen molar-refractivity contribution in [2.24, 2.45) is 11.8 Å². The van der Waals surface area contributed by atoms with Crippen molar-refractivity contribution in [2.75, 3.05) is 19.6 Å². The van der Waals surface area contributed by atoms with Crippen LogP contribution in [0, 0.1) is 23.5 Å². The quantitative estimate of drug-likeness (QED) is 0.479. The molecule has 3 heterocycles. The van der Waals surface area contributed by atoms with Crippen molar-refractivity contribution in [2.45, 2.75) is 38.3 Å². The van der Waals surface area contributed by atoms with E-state index in [1.165, 1.54) is 25.0 Å². The van der Waals surface area contributed by atoms with Crippen LogP contribution in [-0.4, -0.2) is 57.5 Å². The average Bonchev–Trinajstić information content (AvgIpc) is 3.57. The summed E-state index contributed by atoms with van der Waals surface area (Å²) in [4.78, 5) is 37.1. The minimum atomic E-state index is -0.820. The molecule has 37 heavy (non-hydrogen) atoms. The first-order chi connectivity index (χ1) is 17.9. The number of nitrogens with zero attached hydrogens (tertiary/aromatic N) is 4. The molecule has 1 saturated carbocycles. The molecule has 0 radical (unpaired) electrons. The largest absolute Gasteiger partial charge is 0.355 e. The number of rotatable bonds is 8. The maximum absolute atomic E-state index is 14.1. The molecule has 0 spiro atoms. The molecule has 2 aromatic heterocycles. The number of likely N-dealkylation sites (tertiary alicyclic amines) is 1. The molecule has 2 aliphatic rings. The van der Waals surface area contributed by atoms with Crippen molar-refractivity contribution in [3.8, 4) is 11.3 Å². The summed E-state index contributed by atoms with van der Waals surface area (Å²) in [6.45, 7) is 4.03. The maximum atomic E-state index is 14.1. The number of nitrogens with one attached hydrogen (secondary N) is 2. The van der Waals surface area contributed by atoms with Crippen molar-refractivity contribution in [1.82, 2.24) is 30.7 Å². The van der Waals surface area contributed by atoms with Crippen LogP contribution in [0.4, 0.5) is 8.78 Å². The van der Waals surface area contributed by atoms with Gasteiger partial charge in [0.05, 0.1) is 17.5 Å². The monoisotopic (exact) mass is 510 g/mol. The number of hydrogen-bond donors (Lipinski definition) is 2. The smallest absolute Gasteiger partial charge is 0.273 e. The van der Waals surface area contributed by atoms with Gasteiger partial charge in [-0.1, -0.05) is 5.16 Å². The number of aromatic nitrogens is 3. The molecule has 0 bridgehead atoms. The zero-order chi connectivity index (χ0) is 25.9. The fourth-order valence-corrected chi connectivity index (χ4v) is 4.65. The van der Waals surface area contributed by atoms with Crippen LogP contribution in [0.3, 0.4) is 0 Å². The summed E-state index contributed by atoms with van der Waals surface area (Å²) in [5, 5.41) is 9.68. The first-order valence-electron chi connectivity index (χ1n) is 12.4. The highest BCUT2D eigenvalue weighted by atomic mass is 19.1. The van der Waals surface area contributed by atoms with Gasteiger partial charge in [-0.2, -0.15) is 0 Å². The summed E-state index contributed by atoms with van der Waals surface area (Å²) in [6, 6.07) is 5.24. The molecule has 1 unspecified atom stereocenters. The lowest BCUT2D eigenvalue weighted by Gasteiger charge is -2.38. The second-order valence-electron chi connectivity index (χ2n) is 9.72. The molecular formula is C26H28F2N6O3. The van der Waals surface area contributed by atoms with E-state index in [1.54, 1.807) is 18.5 Å². The van der Waals surface area contributed by atoms with Gasteiger partial charge in [0.1, 0.15) is 17.5 Å². The van der Waals surface area contributed by atoms with E-state index in [4.69, 9.17) is 4.52 Å². The SMILES string of the molecule is CC(NC(=O)[C@@H]1CN(CC2CC2)CC[C@H]1NC(=O)c1cc(-c2ccc(F)cc2F)on1)c1ncccn1. The van der Waals surface area contributed by atoms with E-state index >= 15 is 0 Å². The second-order valence-corrected chi connectivity index (χ2v) is 9.72. The van der Waals surface area contributed by atoms with Crippen LogP contribution in [-0.2, 0) is 4.79 Å². The molecule has 3 aromatic rings. The van der Waals surface area contributed by atoms with E-state index in [1.807, 2.05) is 6.92 Å². The fraction of sp³-hybridized carbons (Fsp3) is 0.423. The predicted molar refractivity (Wildman–Crippen MR) is 129 cm³/mol. The summed E-state index contributed by atoms with van der Waals surface area (Å²) in [7, 11) is 0. The molecule has 9 nitrogen and oxygen atoms in total. The minimum absolute atomic E-state index is 0.00398. The van der Waals surface area contributed by atoms with Crippen molar-refractivity contribution in [3.05, 3.63) is 65.9 Å². The summed E-state index contributed by atoms with van der Waals surface area (Å²) < 4.78 is 32.5. The maximum Gasteiger partial charge on any atom is 0.273 e. The third kappa shape index (κ3) is 5.99. The minimum Gasteiger partial charge on any atom is -0.355 e. The molecule has 11 heteroatoms. The van der Waals surface area contributed by atoms with Gasteiger partial charge in [-0.3, -0.25) is 9.59 Å². The van der Waals surface area contributed by atoms with Crippen molar-refractivity contribution in [1.29, 1.82) is 0 Å². The van der Waals surface area contributed by atoms with Crippen LogP contribution in [0.25, 0.3) is 11.3 Å². The third-order valence-electron chi connectivity index (χ3n) is 6.83. The lowest BCUT2D eigenvalue weighted by atomic mass is 9.90. The van der Waals surface area contributed by atoms with Gasteiger partial charge in [0.25, 0.3) is 5.91 Å². The average molecular weight is 511 g/mol. The molecule has 2 fully saturated rings. The van der Waals surface area contributed by atoms with E-state index in [-0.39, 0.29) is 22.9 Å². The summed E-state index contributed by atoms with van der Waals surface area (Å²) in [5.41, 5.74) is -0.0555. The molecule has 1 saturated heterocycles. The Bertz CT molecular complexity index is 1270. The topological polar surface area (TPSA) is 113 Å². The Kier molecular flexibility index (Phi) is 7.22. The van der Waals surface area contributed by atoms with Gasteiger partial charge in [0.15, 0.2) is 11.5 Å². The van der Waals surface area contributed by atoms with E-state index in [0.717, 1.165) is 25.2 Å². The van der Waals surface area contributed by atoms with Gasteiger partial charge < -0.3 is 20.1 Å². The first kappa shape index (κ1) is 24.9. The van der Waals surface area contributed by atoms with E-state index in [9.17, 15) is 18.4 Å². The van der Waals surface area contributed by atoms with E-state index in [0.29, 0.717) is 24.7 Å². The van der Waals surface area contributed by atoms with E-state index in [2.05, 4.69) is 30.7 Å². The molecular weight excluding hydrogens is 482 g/mol. The highest BCUT2D eigenvalue weighted by Crippen LogP contribution is 2.31. The zero-order valence-corrected chi connectivity index (χ0v) is 20.4. The Hall–Kier alpha value is -3.73. The standard InChI is InChI=1S/C26H28F2N6O3/c1-15(24-29-8-2-9-30-24)31-25(35)19-14-34(13-16-3-4-16)10-7-21(19)32-26(36)22-12-23(37-33-22)18-6-5-17(27)11-20(18)28/h2,5-6,8-9,11-12,15-16,19,21H,3-4,7,10,13-14H2,1H3,(H,31,35)(H,32,36)/t15?,19-,21-/m1/s1. The highest BCUT2D eigenvalue weighted by molar-refractivity contribution is 5.94. The van der Waals surface area contributed by atoms with Crippen LogP contribution < -0.4 is 10.6 Å². The van der Waals surface area contributed by atoms with Gasteiger partial charge >= 0.3 is 0 Å². The third-order valence-corrected chi connectivity index (χ3v) is 6.83. The molecule has 194 valence electrons. The van der Waals surface area contributed by atoms with Gasteiger partial charge in [0, 0.05) is 50.2 Å². The normalized spacial score (nSPS) is 20.8. The van der Waals surface area contributed by atoms with Gasteiger partial charge in [-0.05, 0) is 50.3 Å². The Balaban J connectivity index is 1.29. The van der Waals surface area contributed by atoms with Crippen LogP contribution in [0.5, 0.6) is 0 Å². The number of amides is 2.